The second-order valence-electron chi connectivity index (χ2n) is 8.54. The van der Waals surface area contributed by atoms with Crippen LogP contribution in [0.2, 0.25) is 0 Å². The Labute approximate surface area is 177 Å². The minimum atomic E-state index is -0.877. The first-order valence-electron chi connectivity index (χ1n) is 11.3. The van der Waals surface area contributed by atoms with Gasteiger partial charge in [0.2, 0.25) is 0 Å². The average molecular weight is 405 g/mol. The van der Waals surface area contributed by atoms with Gasteiger partial charge < -0.3 is 19.3 Å². The van der Waals surface area contributed by atoms with Crippen LogP contribution in [0.15, 0.2) is 48.6 Å². The largest absolute Gasteiger partial charge is 0.389 e. The van der Waals surface area contributed by atoms with Crippen molar-refractivity contribution >= 4 is 0 Å². The van der Waals surface area contributed by atoms with E-state index in [0.717, 1.165) is 19.3 Å². The number of hydrogen-bond donors (Lipinski definition) is 1. The van der Waals surface area contributed by atoms with Gasteiger partial charge in [-0.05, 0) is 38.5 Å². The standard InChI is InChI=1S/C25H40O4/c1-3-4-5-6-7-8-9-10-11-12-13-14-15-17-23(26)18-16-19-25-27-20-24(2,21-28-25)22-29-25/h7-8,10-11,13-15,17,23,26H,3-6,9,12,16,18-22H2,1-2H3/b8-7-,11-10-,14-13-,17-15+/t23-,24?,25?/m0/s1. The molecule has 29 heavy (non-hydrogen) atoms. The highest BCUT2D eigenvalue weighted by Gasteiger charge is 2.49. The second-order valence-corrected chi connectivity index (χ2v) is 8.54. The lowest BCUT2D eigenvalue weighted by Gasteiger charge is -2.50. The molecule has 3 fully saturated rings. The molecule has 0 saturated carbocycles. The summed E-state index contributed by atoms with van der Waals surface area (Å²) in [6.07, 6.45) is 25.4. The van der Waals surface area contributed by atoms with Gasteiger partial charge in [0.05, 0.1) is 25.9 Å². The van der Waals surface area contributed by atoms with E-state index in [1.165, 1.54) is 25.7 Å². The Morgan fingerprint density at radius 2 is 1.52 bits per heavy atom. The topological polar surface area (TPSA) is 47.9 Å². The highest BCUT2D eigenvalue weighted by molar-refractivity contribution is 5.07. The summed E-state index contributed by atoms with van der Waals surface area (Å²) in [4.78, 5) is 0. The molecule has 3 aliphatic heterocycles. The predicted octanol–water partition coefficient (Wildman–Crippen LogP) is 5.84. The lowest BCUT2D eigenvalue weighted by Crippen LogP contribution is -2.58. The van der Waals surface area contributed by atoms with Crippen molar-refractivity contribution in [1.82, 2.24) is 0 Å². The first-order valence-corrected chi connectivity index (χ1v) is 11.3. The SMILES string of the molecule is CCCCC/C=C\C/C=C\C/C=C\C=C\[C@H](O)CCCC12OCC(C)(CO1)CO2. The molecule has 4 nitrogen and oxygen atoms in total. The first-order chi connectivity index (χ1) is 14.1. The molecule has 3 heterocycles. The summed E-state index contributed by atoms with van der Waals surface area (Å²) >= 11 is 0. The molecule has 164 valence electrons. The van der Waals surface area contributed by atoms with Crippen LogP contribution in [0.5, 0.6) is 0 Å². The van der Waals surface area contributed by atoms with Gasteiger partial charge in [0.1, 0.15) is 0 Å². The van der Waals surface area contributed by atoms with Gasteiger partial charge in [-0.3, -0.25) is 0 Å². The van der Waals surface area contributed by atoms with Gasteiger partial charge in [-0.2, -0.15) is 0 Å². The van der Waals surface area contributed by atoms with Gasteiger partial charge >= 0.3 is 0 Å². The Bertz CT molecular complexity index is 537. The lowest BCUT2D eigenvalue weighted by molar-refractivity contribution is -0.467. The summed E-state index contributed by atoms with van der Waals surface area (Å²) in [6.45, 7) is 6.40. The molecule has 0 unspecified atom stereocenters. The summed E-state index contributed by atoms with van der Waals surface area (Å²) in [7, 11) is 0. The van der Waals surface area contributed by atoms with Gasteiger partial charge in [-0.1, -0.05) is 75.3 Å². The average Bonchev–Trinajstić information content (AvgIpc) is 2.72. The first kappa shape index (κ1) is 24.1. The molecule has 3 rings (SSSR count). The highest BCUT2D eigenvalue weighted by atomic mass is 16.9. The van der Waals surface area contributed by atoms with Crippen LogP contribution < -0.4 is 0 Å². The Balaban J connectivity index is 1.50. The maximum atomic E-state index is 10.1. The number of ether oxygens (including phenoxy) is 3. The summed E-state index contributed by atoms with van der Waals surface area (Å²) in [5.41, 5.74) is -0.00350. The van der Waals surface area contributed by atoms with Crippen LogP contribution in [0, 0.1) is 5.41 Å². The third kappa shape index (κ3) is 9.43. The fraction of sp³-hybridized carbons (Fsp3) is 0.680. The monoisotopic (exact) mass is 404 g/mol. The molecule has 1 atom stereocenters. The number of rotatable bonds is 14. The molecular formula is C25H40O4. The number of unbranched alkanes of at least 4 members (excludes halogenated alkanes) is 3. The number of aliphatic hydroxyl groups excluding tert-OH is 1. The predicted molar refractivity (Wildman–Crippen MR) is 118 cm³/mol. The normalized spacial score (nSPS) is 28.5. The molecule has 0 aromatic rings. The van der Waals surface area contributed by atoms with E-state index >= 15 is 0 Å². The van der Waals surface area contributed by atoms with Gasteiger partial charge in [0, 0.05) is 11.8 Å². The maximum absolute atomic E-state index is 10.1. The summed E-state index contributed by atoms with van der Waals surface area (Å²) in [6, 6.07) is 0. The van der Waals surface area contributed by atoms with E-state index in [1.807, 2.05) is 18.2 Å². The summed E-state index contributed by atoms with van der Waals surface area (Å²) < 4.78 is 17.3. The van der Waals surface area contributed by atoms with E-state index in [9.17, 15) is 5.11 Å². The zero-order valence-electron chi connectivity index (χ0n) is 18.4. The zero-order valence-corrected chi connectivity index (χ0v) is 18.4. The molecule has 2 bridgehead atoms. The Kier molecular flexibility index (Phi) is 10.9. The molecule has 0 aromatic heterocycles. The third-order valence-corrected chi connectivity index (χ3v) is 5.34. The highest BCUT2D eigenvalue weighted by Crippen LogP contribution is 2.40. The molecule has 0 spiro atoms. The number of fused-ring (bicyclic) bond motifs is 3. The van der Waals surface area contributed by atoms with E-state index in [-0.39, 0.29) is 5.41 Å². The van der Waals surface area contributed by atoms with Crippen LogP contribution >= 0.6 is 0 Å². The number of allylic oxidation sites excluding steroid dienone is 7. The molecule has 4 heteroatoms. The van der Waals surface area contributed by atoms with Crippen LogP contribution in [0.3, 0.4) is 0 Å². The molecule has 3 aliphatic rings. The van der Waals surface area contributed by atoms with Crippen LogP contribution in [-0.2, 0) is 14.2 Å². The Hall–Kier alpha value is -1.20. The second kappa shape index (κ2) is 13.2. The minimum Gasteiger partial charge on any atom is -0.389 e. The van der Waals surface area contributed by atoms with Crippen molar-refractivity contribution in [3.8, 4) is 0 Å². The van der Waals surface area contributed by atoms with E-state index in [0.29, 0.717) is 32.7 Å². The van der Waals surface area contributed by atoms with Crippen molar-refractivity contribution in [2.24, 2.45) is 5.41 Å². The van der Waals surface area contributed by atoms with Crippen molar-refractivity contribution in [3.63, 3.8) is 0 Å². The molecule has 3 saturated heterocycles. The van der Waals surface area contributed by atoms with Crippen LogP contribution in [0.1, 0.15) is 71.6 Å². The molecule has 0 amide bonds. The van der Waals surface area contributed by atoms with Gasteiger partial charge in [-0.25, -0.2) is 0 Å². The number of aliphatic hydroxyl groups is 1. The van der Waals surface area contributed by atoms with Crippen molar-refractivity contribution in [2.45, 2.75) is 83.7 Å². The van der Waals surface area contributed by atoms with Crippen LogP contribution in [0.25, 0.3) is 0 Å². The molecule has 1 N–H and O–H groups in total. The molecular weight excluding hydrogens is 364 g/mol. The quantitative estimate of drug-likeness (QED) is 0.224. The van der Waals surface area contributed by atoms with Crippen molar-refractivity contribution < 1.29 is 19.3 Å². The van der Waals surface area contributed by atoms with E-state index in [4.69, 9.17) is 14.2 Å². The maximum Gasteiger partial charge on any atom is 0.282 e. The van der Waals surface area contributed by atoms with Crippen molar-refractivity contribution in [3.05, 3.63) is 48.6 Å². The van der Waals surface area contributed by atoms with Crippen LogP contribution in [0.4, 0.5) is 0 Å². The minimum absolute atomic E-state index is 0.00350. The zero-order chi connectivity index (χ0) is 20.8. The Morgan fingerprint density at radius 1 is 0.862 bits per heavy atom. The summed E-state index contributed by atoms with van der Waals surface area (Å²) in [5.74, 6) is -0.877. The van der Waals surface area contributed by atoms with Crippen molar-refractivity contribution in [2.75, 3.05) is 19.8 Å². The fourth-order valence-electron chi connectivity index (χ4n) is 3.37. The van der Waals surface area contributed by atoms with Crippen LogP contribution in [-0.4, -0.2) is 37.0 Å². The molecule has 0 aromatic carbocycles. The van der Waals surface area contributed by atoms with Crippen molar-refractivity contribution in [1.29, 1.82) is 0 Å². The molecule has 0 aliphatic carbocycles. The van der Waals surface area contributed by atoms with E-state index in [1.54, 1.807) is 0 Å². The third-order valence-electron chi connectivity index (χ3n) is 5.34. The summed E-state index contributed by atoms with van der Waals surface area (Å²) in [5, 5.41) is 10.1. The Morgan fingerprint density at radius 3 is 2.21 bits per heavy atom. The van der Waals surface area contributed by atoms with Gasteiger partial charge in [-0.15, -0.1) is 0 Å². The smallest absolute Gasteiger partial charge is 0.282 e. The fourth-order valence-corrected chi connectivity index (χ4v) is 3.37. The van der Waals surface area contributed by atoms with E-state index < -0.39 is 12.1 Å². The van der Waals surface area contributed by atoms with Gasteiger partial charge in [0.25, 0.3) is 5.97 Å². The number of hydrogen-bond acceptors (Lipinski definition) is 4. The lowest BCUT2D eigenvalue weighted by atomic mass is 9.91. The molecule has 0 radical (unpaired) electrons. The van der Waals surface area contributed by atoms with Gasteiger partial charge in [0.15, 0.2) is 0 Å². The van der Waals surface area contributed by atoms with E-state index in [2.05, 4.69) is 44.2 Å².